The number of aromatic nitrogens is 1. The third-order valence-electron chi connectivity index (χ3n) is 5.18. The lowest BCUT2D eigenvalue weighted by Crippen LogP contribution is -2.39. The molecule has 1 aliphatic heterocycles. The van der Waals surface area contributed by atoms with E-state index in [0.717, 1.165) is 21.0 Å². The van der Waals surface area contributed by atoms with Crippen LogP contribution in [0.1, 0.15) is 12.8 Å². The molecule has 4 rings (SSSR count). The van der Waals surface area contributed by atoms with Gasteiger partial charge in [-0.25, -0.2) is 12.7 Å². The van der Waals surface area contributed by atoms with Gasteiger partial charge in [0.2, 0.25) is 10.0 Å². The van der Waals surface area contributed by atoms with Gasteiger partial charge in [-0.05, 0) is 24.3 Å². The summed E-state index contributed by atoms with van der Waals surface area (Å²) in [6, 6.07) is 12.3. The summed E-state index contributed by atoms with van der Waals surface area (Å²) in [5.41, 5.74) is 1.05. The molecule has 1 fully saturated rings. The number of piperidine rings is 1. The average molecular weight is 404 g/mol. The van der Waals surface area contributed by atoms with Gasteiger partial charge in [-0.2, -0.15) is 4.99 Å². The number of fused-ring (bicyclic) bond motifs is 3. The summed E-state index contributed by atoms with van der Waals surface area (Å²) in [5.74, 6) is -0.375. The van der Waals surface area contributed by atoms with E-state index >= 15 is 0 Å². The maximum absolute atomic E-state index is 12.7. The molecule has 2 aromatic carbocycles. The SMILES string of the molecule is Cn1c(=NC(=O)C2CCN(S(C)(=O)=O)CC2)sc2c3ccccc3ccc21. The first-order chi connectivity index (χ1) is 12.8. The average Bonchev–Trinajstić information content (AvgIpc) is 2.97. The number of nitrogens with zero attached hydrogens (tertiary/aromatic N) is 3. The van der Waals surface area contributed by atoms with Crippen LogP contribution in [-0.2, 0) is 21.9 Å². The zero-order valence-corrected chi connectivity index (χ0v) is 16.9. The lowest BCUT2D eigenvalue weighted by Gasteiger charge is -2.28. The van der Waals surface area contributed by atoms with Gasteiger partial charge >= 0.3 is 0 Å². The maximum Gasteiger partial charge on any atom is 0.251 e. The van der Waals surface area contributed by atoms with Gasteiger partial charge in [0.05, 0.1) is 16.5 Å². The van der Waals surface area contributed by atoms with Crippen LogP contribution in [0.25, 0.3) is 21.0 Å². The highest BCUT2D eigenvalue weighted by molar-refractivity contribution is 7.88. The first kappa shape index (κ1) is 18.3. The summed E-state index contributed by atoms with van der Waals surface area (Å²) in [6.07, 6.45) is 2.25. The molecular weight excluding hydrogens is 382 g/mol. The molecule has 6 nitrogen and oxygen atoms in total. The molecule has 2 heterocycles. The molecule has 1 aliphatic rings. The summed E-state index contributed by atoms with van der Waals surface area (Å²) in [5, 5.41) is 2.32. The normalized spacial score (nSPS) is 17.8. The van der Waals surface area contributed by atoms with E-state index < -0.39 is 10.0 Å². The van der Waals surface area contributed by atoms with Crippen LogP contribution in [0.3, 0.4) is 0 Å². The van der Waals surface area contributed by atoms with E-state index in [1.807, 2.05) is 23.7 Å². The lowest BCUT2D eigenvalue weighted by molar-refractivity contribution is -0.122. The molecule has 0 radical (unpaired) electrons. The highest BCUT2D eigenvalue weighted by Crippen LogP contribution is 2.27. The van der Waals surface area contributed by atoms with Gasteiger partial charge in [-0.1, -0.05) is 41.7 Å². The molecule has 0 atom stereocenters. The minimum Gasteiger partial charge on any atom is -0.319 e. The van der Waals surface area contributed by atoms with Crippen LogP contribution in [0.5, 0.6) is 0 Å². The summed E-state index contributed by atoms with van der Waals surface area (Å²) in [6.45, 7) is 0.766. The van der Waals surface area contributed by atoms with E-state index in [-0.39, 0.29) is 11.8 Å². The molecule has 1 aromatic heterocycles. The largest absolute Gasteiger partial charge is 0.319 e. The summed E-state index contributed by atoms with van der Waals surface area (Å²) < 4.78 is 27.7. The molecule has 0 unspecified atom stereocenters. The highest BCUT2D eigenvalue weighted by atomic mass is 32.2. The molecule has 0 aliphatic carbocycles. The van der Waals surface area contributed by atoms with Crippen LogP contribution < -0.4 is 4.80 Å². The van der Waals surface area contributed by atoms with Crippen LogP contribution in [0, 0.1) is 5.92 Å². The maximum atomic E-state index is 12.7. The molecule has 1 saturated heterocycles. The number of benzene rings is 2. The van der Waals surface area contributed by atoms with Gasteiger partial charge in [0, 0.05) is 31.4 Å². The third kappa shape index (κ3) is 3.44. The second-order valence-corrected chi connectivity index (χ2v) is 9.92. The monoisotopic (exact) mass is 403 g/mol. The van der Waals surface area contributed by atoms with Gasteiger partial charge in [0.15, 0.2) is 4.80 Å². The summed E-state index contributed by atoms with van der Waals surface area (Å²) in [7, 11) is -1.27. The standard InChI is InChI=1S/C19H21N3O3S2/c1-21-16-8-7-13-5-3-4-6-15(13)17(16)26-19(21)20-18(23)14-9-11-22(12-10-14)27(2,24)25/h3-8,14H,9-12H2,1-2H3. The number of aryl methyl sites for hydroxylation is 1. The molecule has 1 amide bonds. The fraction of sp³-hybridized carbons (Fsp3) is 0.368. The van der Waals surface area contributed by atoms with Crippen LogP contribution in [0.2, 0.25) is 0 Å². The molecule has 0 spiro atoms. The van der Waals surface area contributed by atoms with Crippen molar-refractivity contribution < 1.29 is 13.2 Å². The Bertz CT molecular complexity index is 1200. The van der Waals surface area contributed by atoms with Crippen molar-refractivity contribution in [1.29, 1.82) is 0 Å². The van der Waals surface area contributed by atoms with Gasteiger partial charge in [-0.3, -0.25) is 4.79 Å². The van der Waals surface area contributed by atoms with E-state index in [1.165, 1.54) is 21.9 Å². The van der Waals surface area contributed by atoms with Gasteiger partial charge in [0.1, 0.15) is 0 Å². The fourth-order valence-corrected chi connectivity index (χ4v) is 5.62. The number of carbonyl (C=O) groups excluding carboxylic acids is 1. The topological polar surface area (TPSA) is 71.7 Å². The Morgan fingerprint density at radius 2 is 1.85 bits per heavy atom. The van der Waals surface area contributed by atoms with Gasteiger partial charge in [0.25, 0.3) is 5.91 Å². The zero-order chi connectivity index (χ0) is 19.2. The predicted molar refractivity (Wildman–Crippen MR) is 108 cm³/mol. The van der Waals surface area contributed by atoms with Gasteiger partial charge < -0.3 is 4.57 Å². The van der Waals surface area contributed by atoms with Crippen molar-refractivity contribution in [3.05, 3.63) is 41.2 Å². The third-order valence-corrected chi connectivity index (χ3v) is 7.66. The molecule has 8 heteroatoms. The second kappa shape index (κ2) is 6.85. The van der Waals surface area contributed by atoms with Crippen LogP contribution >= 0.6 is 11.3 Å². The number of hydrogen-bond donors (Lipinski definition) is 0. The van der Waals surface area contributed by atoms with Crippen molar-refractivity contribution in [2.45, 2.75) is 12.8 Å². The minimum absolute atomic E-state index is 0.158. The number of rotatable bonds is 2. The summed E-state index contributed by atoms with van der Waals surface area (Å²) in [4.78, 5) is 17.7. The summed E-state index contributed by atoms with van der Waals surface area (Å²) >= 11 is 1.52. The number of carbonyl (C=O) groups is 1. The van der Waals surface area contributed by atoms with Crippen LogP contribution in [0.4, 0.5) is 0 Å². The van der Waals surface area contributed by atoms with Crippen molar-refractivity contribution in [1.82, 2.24) is 8.87 Å². The first-order valence-electron chi connectivity index (χ1n) is 8.85. The molecular formula is C19H21N3O3S2. The molecule has 0 N–H and O–H groups in total. The smallest absolute Gasteiger partial charge is 0.251 e. The highest BCUT2D eigenvalue weighted by Gasteiger charge is 2.28. The number of amides is 1. The van der Waals surface area contributed by atoms with E-state index in [9.17, 15) is 13.2 Å². The van der Waals surface area contributed by atoms with E-state index in [2.05, 4.69) is 29.3 Å². The second-order valence-electron chi connectivity index (χ2n) is 6.96. The van der Waals surface area contributed by atoms with Crippen LogP contribution in [-0.4, -0.2) is 42.5 Å². The number of thiazole rings is 1. The Labute approximate surface area is 161 Å². The molecule has 142 valence electrons. The van der Waals surface area contributed by atoms with Crippen molar-refractivity contribution >= 4 is 48.3 Å². The van der Waals surface area contributed by atoms with Crippen molar-refractivity contribution in [2.75, 3.05) is 19.3 Å². The first-order valence-corrected chi connectivity index (χ1v) is 11.5. The van der Waals surface area contributed by atoms with E-state index in [4.69, 9.17) is 0 Å². The molecule has 3 aromatic rings. The molecule has 27 heavy (non-hydrogen) atoms. The predicted octanol–water partition coefficient (Wildman–Crippen LogP) is 2.49. The van der Waals surface area contributed by atoms with Gasteiger partial charge in [-0.15, -0.1) is 0 Å². The minimum atomic E-state index is -3.19. The Morgan fingerprint density at radius 3 is 2.56 bits per heavy atom. The molecule has 0 saturated carbocycles. The molecule has 0 bridgehead atoms. The quantitative estimate of drug-likeness (QED) is 0.660. The fourth-order valence-electron chi connectivity index (χ4n) is 3.58. The van der Waals surface area contributed by atoms with Crippen molar-refractivity contribution in [3.63, 3.8) is 0 Å². The van der Waals surface area contributed by atoms with Crippen molar-refractivity contribution in [3.8, 4) is 0 Å². The van der Waals surface area contributed by atoms with Crippen LogP contribution in [0.15, 0.2) is 41.4 Å². The zero-order valence-electron chi connectivity index (χ0n) is 15.3. The number of sulfonamides is 1. The van der Waals surface area contributed by atoms with Crippen molar-refractivity contribution in [2.24, 2.45) is 18.0 Å². The number of hydrogen-bond acceptors (Lipinski definition) is 4. The Balaban J connectivity index is 1.66. The Morgan fingerprint density at radius 1 is 1.15 bits per heavy atom. The Kier molecular flexibility index (Phi) is 4.65. The van der Waals surface area contributed by atoms with E-state index in [0.29, 0.717) is 30.7 Å². The Hall–Kier alpha value is -2.03. The van der Waals surface area contributed by atoms with E-state index in [1.54, 1.807) is 0 Å². The lowest BCUT2D eigenvalue weighted by atomic mass is 9.98.